The van der Waals surface area contributed by atoms with Gasteiger partial charge in [-0.1, -0.05) is 22.3 Å². The molecule has 1 rings (SSSR count). The van der Waals surface area contributed by atoms with Gasteiger partial charge in [-0.2, -0.15) is 15.8 Å². The van der Waals surface area contributed by atoms with Gasteiger partial charge in [0.1, 0.15) is 19.4 Å². The maximum absolute atomic E-state index is 10.5. The lowest BCUT2D eigenvalue weighted by Crippen LogP contribution is -2.54. The van der Waals surface area contributed by atoms with Gasteiger partial charge in [-0.25, -0.2) is 22.9 Å². The maximum Gasteiger partial charge on any atom is 0.272 e. The summed E-state index contributed by atoms with van der Waals surface area (Å²) < 4.78 is 0. The minimum Gasteiger partial charge on any atom is -0.323 e. The lowest BCUT2D eigenvalue weighted by molar-refractivity contribution is -0.130. The zero-order chi connectivity index (χ0) is 29.9. The van der Waals surface area contributed by atoms with Crippen LogP contribution in [0.5, 0.6) is 0 Å². The highest BCUT2D eigenvalue weighted by molar-refractivity contribution is 6.62. The third kappa shape index (κ3) is 32.3. The average molecular weight is 618 g/mol. The molecular weight excluding hydrogens is 575 g/mol. The van der Waals surface area contributed by atoms with Crippen LogP contribution in [0.15, 0.2) is 0 Å². The van der Waals surface area contributed by atoms with Crippen molar-refractivity contribution in [3.63, 3.8) is 0 Å². The molecule has 1 heterocycles. The molecule has 0 unspecified atom stereocenters. The SMILES string of the molecule is C.C.C.CC(=O)Cl.CC(=O)N(CC#N)CC=O.CC(=O)N(CCl)CC#N.[C-]#[N+]CN1CN(CC#N)CN(C[N+]#[C-])C1. The van der Waals surface area contributed by atoms with Crippen LogP contribution < -0.4 is 0 Å². The molecule has 0 aromatic carbocycles. The number of carbonyl (C=O) groups is 4. The summed E-state index contributed by atoms with van der Waals surface area (Å²) in [6.07, 6.45) is 0.596. The molecule has 0 radical (unpaired) electrons. The monoisotopic (exact) mass is 616 g/mol. The summed E-state index contributed by atoms with van der Waals surface area (Å²) in [6.45, 7) is 20.5. The molecule has 41 heavy (non-hydrogen) atoms. The van der Waals surface area contributed by atoms with Crippen LogP contribution in [-0.2, 0) is 19.2 Å². The van der Waals surface area contributed by atoms with Gasteiger partial charge in [0.15, 0.2) is 0 Å². The predicted octanol–water partition coefficient (Wildman–Crippen LogP) is 2.85. The molecule has 1 aliphatic heterocycles. The Morgan fingerprint density at radius 2 is 1.20 bits per heavy atom. The van der Waals surface area contributed by atoms with Gasteiger partial charge in [-0.3, -0.25) is 29.0 Å². The molecule has 230 valence electrons. The number of hydrogen-bond acceptors (Lipinski definition) is 10. The van der Waals surface area contributed by atoms with Crippen LogP contribution in [-0.4, -0.2) is 113 Å². The minimum atomic E-state index is -0.361. The van der Waals surface area contributed by atoms with Crippen molar-refractivity contribution >= 4 is 46.5 Å². The first-order chi connectivity index (χ1) is 18.0. The van der Waals surface area contributed by atoms with E-state index in [1.54, 1.807) is 6.07 Å². The predicted molar refractivity (Wildman–Crippen MR) is 158 cm³/mol. The zero-order valence-electron chi connectivity index (χ0n) is 21.5. The Morgan fingerprint density at radius 3 is 1.44 bits per heavy atom. The highest BCUT2D eigenvalue weighted by atomic mass is 35.5. The molecule has 0 saturated carbocycles. The van der Waals surface area contributed by atoms with Gasteiger partial charge >= 0.3 is 0 Å². The standard InChI is InChI=1S/C9H12N6.C6H8N2O2.C5H7ClN2O.C2H3ClO.3CH4/c1-11-5-14-7-13(4-3-10)8-15(9-14)6-12-2;1-6(10)8(3-2-7)4-5-9;1-5(9)8(4-6)3-2-7;1-2(3)4;;;/h4-9H2;5H,3-4H2,1H3;3-4H2,1H3;1H3;3*1H4. The Hall–Kier alpha value is -3.81. The van der Waals surface area contributed by atoms with Crippen molar-refractivity contribution in [2.45, 2.75) is 43.1 Å². The first-order valence-corrected chi connectivity index (χ1v) is 11.5. The van der Waals surface area contributed by atoms with E-state index >= 15 is 0 Å². The second kappa shape index (κ2) is 34.2. The number of nitriles is 3. The molecule has 2 amide bonds. The van der Waals surface area contributed by atoms with Crippen molar-refractivity contribution in [3.8, 4) is 18.2 Å². The van der Waals surface area contributed by atoms with E-state index in [2.05, 4.69) is 27.4 Å². The zero-order valence-corrected chi connectivity index (χ0v) is 23.0. The van der Waals surface area contributed by atoms with Gasteiger partial charge in [0.25, 0.3) is 13.3 Å². The van der Waals surface area contributed by atoms with Crippen LogP contribution in [0.3, 0.4) is 0 Å². The first-order valence-electron chi connectivity index (χ1n) is 10.6. The highest BCUT2D eigenvalue weighted by Crippen LogP contribution is 2.06. The second-order valence-corrected chi connectivity index (χ2v) is 7.81. The first kappa shape index (κ1) is 50.1. The van der Waals surface area contributed by atoms with E-state index in [1.807, 2.05) is 20.8 Å². The number of alkyl halides is 1. The summed E-state index contributed by atoms with van der Waals surface area (Å²) in [6, 6.07) is 5.77. The van der Waals surface area contributed by atoms with Crippen molar-refractivity contribution in [2.75, 3.05) is 65.5 Å². The van der Waals surface area contributed by atoms with E-state index in [4.69, 9.17) is 40.5 Å². The lowest BCUT2D eigenvalue weighted by atomic mass is 10.5. The van der Waals surface area contributed by atoms with E-state index in [-0.39, 0.29) is 65.0 Å². The number of halogens is 2. The van der Waals surface area contributed by atoms with Crippen LogP contribution >= 0.6 is 23.2 Å². The molecule has 1 saturated heterocycles. The second-order valence-electron chi connectivity index (χ2n) is 7.04. The summed E-state index contributed by atoms with van der Waals surface area (Å²) in [5.41, 5.74) is 0. The topological polar surface area (TPSA) is 165 Å². The molecule has 0 aromatic heterocycles. The van der Waals surface area contributed by atoms with Crippen molar-refractivity contribution in [1.29, 1.82) is 15.8 Å². The van der Waals surface area contributed by atoms with Gasteiger partial charge in [0, 0.05) is 20.8 Å². The number of hydrogen-bond donors (Lipinski definition) is 0. The smallest absolute Gasteiger partial charge is 0.272 e. The Kier molecular flexibility index (Phi) is 41.8. The average Bonchev–Trinajstić information content (AvgIpc) is 2.83. The van der Waals surface area contributed by atoms with Gasteiger partial charge in [0.2, 0.25) is 17.1 Å². The molecule has 0 atom stereocenters. The number of aldehydes is 1. The Labute approximate surface area is 255 Å². The fraction of sp³-hybridized carbons (Fsp3) is 0.640. The van der Waals surface area contributed by atoms with E-state index in [0.29, 0.717) is 46.2 Å². The third-order valence-electron chi connectivity index (χ3n) is 3.89. The lowest BCUT2D eigenvalue weighted by Gasteiger charge is -2.36. The molecule has 1 aliphatic rings. The fourth-order valence-corrected chi connectivity index (χ4v) is 2.62. The molecule has 0 spiro atoms. The molecule has 1 fully saturated rings. The van der Waals surface area contributed by atoms with Crippen molar-refractivity contribution in [2.24, 2.45) is 0 Å². The summed E-state index contributed by atoms with van der Waals surface area (Å²) in [5.74, 6) is -0.430. The van der Waals surface area contributed by atoms with Gasteiger partial charge < -0.3 is 14.6 Å². The molecule has 0 bridgehead atoms. The molecule has 14 nitrogen and oxygen atoms in total. The number of nitrogens with zero attached hydrogens (tertiary/aromatic N) is 10. The molecule has 0 aromatic rings. The number of carbonyl (C=O) groups excluding carboxylic acids is 4. The van der Waals surface area contributed by atoms with Gasteiger partial charge in [-0.05, 0) is 11.6 Å². The quantitative estimate of drug-likeness (QED) is 0.0988. The molecular formula is C25H42Cl2N10O4. The Bertz CT molecular complexity index is 886. The van der Waals surface area contributed by atoms with Crippen molar-refractivity contribution < 1.29 is 19.2 Å². The Balaban J connectivity index is -0.000000105. The normalized spacial score (nSPS) is 11.3. The van der Waals surface area contributed by atoms with E-state index < -0.39 is 0 Å². The summed E-state index contributed by atoms with van der Waals surface area (Å²) in [4.78, 5) is 54.9. The van der Waals surface area contributed by atoms with Crippen molar-refractivity contribution in [3.05, 3.63) is 22.8 Å². The minimum absolute atomic E-state index is 0. The number of amides is 2. The largest absolute Gasteiger partial charge is 0.323 e. The molecule has 0 aliphatic carbocycles. The van der Waals surface area contributed by atoms with Gasteiger partial charge in [-0.15, -0.1) is 11.6 Å². The summed E-state index contributed by atoms with van der Waals surface area (Å²) >= 11 is 9.93. The summed E-state index contributed by atoms with van der Waals surface area (Å²) in [7, 11) is 0. The van der Waals surface area contributed by atoms with Crippen molar-refractivity contribution in [1.82, 2.24) is 24.5 Å². The maximum atomic E-state index is 10.5. The van der Waals surface area contributed by atoms with Crippen LogP contribution in [0.25, 0.3) is 9.69 Å². The molecule has 0 N–H and O–H groups in total. The van der Waals surface area contributed by atoms with E-state index in [1.165, 1.54) is 25.7 Å². The fourth-order valence-electron chi connectivity index (χ4n) is 2.36. The van der Waals surface area contributed by atoms with Crippen LogP contribution in [0, 0.1) is 47.1 Å². The highest BCUT2D eigenvalue weighted by Gasteiger charge is 2.25. The van der Waals surface area contributed by atoms with Crippen LogP contribution in [0.4, 0.5) is 0 Å². The summed E-state index contributed by atoms with van der Waals surface area (Å²) in [5, 5.41) is 24.5. The molecule has 16 heteroatoms. The Morgan fingerprint density at radius 1 is 0.829 bits per heavy atom. The number of rotatable bonds is 8. The van der Waals surface area contributed by atoms with Gasteiger partial charge in [0.05, 0.1) is 57.3 Å². The van der Waals surface area contributed by atoms with E-state index in [0.717, 1.165) is 4.90 Å². The van der Waals surface area contributed by atoms with E-state index in [9.17, 15) is 19.2 Å². The third-order valence-corrected chi connectivity index (χ3v) is 4.18. The van der Waals surface area contributed by atoms with Crippen LogP contribution in [0.1, 0.15) is 43.1 Å². The van der Waals surface area contributed by atoms with Crippen LogP contribution in [0.2, 0.25) is 0 Å².